The Labute approximate surface area is 140 Å². The zero-order chi connectivity index (χ0) is 16.4. The van der Waals surface area contributed by atoms with Crippen LogP contribution >= 0.6 is 0 Å². The highest BCUT2D eigenvalue weighted by molar-refractivity contribution is 5.69. The first-order valence-corrected chi connectivity index (χ1v) is 8.63. The lowest BCUT2D eigenvalue weighted by atomic mass is 9.93. The monoisotopic (exact) mass is 305 g/mol. The molecule has 0 amide bonds. The maximum atomic E-state index is 4.33. The minimum Gasteiger partial charge on any atom is -0.363 e. The van der Waals surface area contributed by atoms with E-state index in [0.29, 0.717) is 0 Å². The van der Waals surface area contributed by atoms with Gasteiger partial charge in [-0.1, -0.05) is 82.3 Å². The summed E-state index contributed by atoms with van der Waals surface area (Å²) in [7, 11) is 0. The van der Waals surface area contributed by atoms with Gasteiger partial charge in [-0.15, -0.1) is 0 Å². The largest absolute Gasteiger partial charge is 0.363 e. The Morgan fingerprint density at radius 1 is 1.09 bits per heavy atom. The Hall–Kier alpha value is -2.02. The maximum absolute atomic E-state index is 4.33. The van der Waals surface area contributed by atoms with Gasteiger partial charge in [0.25, 0.3) is 0 Å². The highest BCUT2D eigenvalue weighted by atomic mass is 15.2. The third-order valence-corrected chi connectivity index (χ3v) is 4.79. The number of benzene rings is 1. The van der Waals surface area contributed by atoms with E-state index in [1.807, 2.05) is 0 Å². The fraction of sp³-hybridized carbons (Fsp3) is 0.364. The topological polar surface area (TPSA) is 3.24 Å². The summed E-state index contributed by atoms with van der Waals surface area (Å²) in [4.78, 5) is 2.41. The molecule has 0 aromatic heterocycles. The van der Waals surface area contributed by atoms with E-state index in [1.54, 1.807) is 0 Å². The Bertz CT molecular complexity index is 700. The molecule has 0 N–H and O–H groups in total. The number of hydrogen-bond donors (Lipinski definition) is 0. The molecule has 1 heterocycles. The third kappa shape index (κ3) is 3.34. The van der Waals surface area contributed by atoms with Crippen molar-refractivity contribution < 1.29 is 0 Å². The molecule has 1 aliphatic heterocycles. The lowest BCUT2D eigenvalue weighted by Crippen LogP contribution is -2.18. The summed E-state index contributed by atoms with van der Waals surface area (Å²) in [5.74, 6) is 0. The van der Waals surface area contributed by atoms with Crippen LogP contribution in [0.15, 0.2) is 66.3 Å². The minimum atomic E-state index is 0.131. The van der Waals surface area contributed by atoms with E-state index in [9.17, 15) is 0 Å². The molecule has 0 unspecified atom stereocenters. The van der Waals surface area contributed by atoms with Gasteiger partial charge in [-0.3, -0.25) is 0 Å². The van der Waals surface area contributed by atoms with Crippen molar-refractivity contribution in [1.29, 1.82) is 0 Å². The summed E-state index contributed by atoms with van der Waals surface area (Å²) in [6.45, 7) is 13.0. The molecule has 0 saturated heterocycles. The molecule has 1 aliphatic carbocycles. The quantitative estimate of drug-likeness (QED) is 0.687. The van der Waals surface area contributed by atoms with E-state index in [-0.39, 0.29) is 5.41 Å². The Morgan fingerprint density at radius 2 is 1.78 bits per heavy atom. The summed E-state index contributed by atoms with van der Waals surface area (Å²) >= 11 is 0. The van der Waals surface area contributed by atoms with Crippen molar-refractivity contribution in [1.82, 2.24) is 4.90 Å². The molecule has 120 valence electrons. The fourth-order valence-electron chi connectivity index (χ4n) is 3.34. The molecule has 23 heavy (non-hydrogen) atoms. The van der Waals surface area contributed by atoms with E-state index < -0.39 is 0 Å². The van der Waals surface area contributed by atoms with Crippen LogP contribution in [0.2, 0.25) is 0 Å². The fourth-order valence-corrected chi connectivity index (χ4v) is 3.34. The van der Waals surface area contributed by atoms with Crippen molar-refractivity contribution >= 4 is 5.70 Å². The summed E-state index contributed by atoms with van der Waals surface area (Å²) in [5.41, 5.74) is 6.89. The van der Waals surface area contributed by atoms with Crippen LogP contribution in [0.3, 0.4) is 0 Å². The second-order valence-electron chi connectivity index (χ2n) is 7.25. The van der Waals surface area contributed by atoms with Crippen LogP contribution in [0.1, 0.15) is 44.7 Å². The number of fused-ring (bicyclic) bond motifs is 1. The smallest absolute Gasteiger partial charge is 0.0439 e. The number of hydrogen-bond acceptors (Lipinski definition) is 1. The molecule has 1 nitrogen and oxygen atoms in total. The van der Waals surface area contributed by atoms with E-state index in [4.69, 9.17) is 0 Å². The van der Waals surface area contributed by atoms with Gasteiger partial charge in [0, 0.05) is 29.8 Å². The molecule has 0 bridgehead atoms. The Balaban J connectivity index is 1.86. The lowest BCUT2D eigenvalue weighted by Gasteiger charge is -2.21. The van der Waals surface area contributed by atoms with Crippen molar-refractivity contribution in [2.45, 2.75) is 40.2 Å². The van der Waals surface area contributed by atoms with E-state index in [2.05, 4.69) is 80.8 Å². The van der Waals surface area contributed by atoms with E-state index >= 15 is 0 Å². The highest BCUT2D eigenvalue weighted by Gasteiger charge is 2.23. The summed E-state index contributed by atoms with van der Waals surface area (Å²) in [6, 6.07) is 8.62. The van der Waals surface area contributed by atoms with E-state index in [0.717, 1.165) is 25.2 Å². The predicted molar refractivity (Wildman–Crippen MR) is 99.9 cm³/mol. The first-order chi connectivity index (χ1) is 11.0. The highest BCUT2D eigenvalue weighted by Crippen LogP contribution is 2.34. The molecule has 2 aliphatic rings. The van der Waals surface area contributed by atoms with Crippen molar-refractivity contribution in [2.75, 3.05) is 6.54 Å². The van der Waals surface area contributed by atoms with Crippen LogP contribution in [-0.4, -0.2) is 11.4 Å². The molecule has 0 spiro atoms. The summed E-state index contributed by atoms with van der Waals surface area (Å²) in [5, 5.41) is 0. The van der Waals surface area contributed by atoms with Gasteiger partial charge in [0.1, 0.15) is 0 Å². The van der Waals surface area contributed by atoms with Gasteiger partial charge in [0.15, 0.2) is 0 Å². The molecular weight excluding hydrogens is 278 g/mol. The van der Waals surface area contributed by atoms with Gasteiger partial charge in [-0.05, 0) is 23.1 Å². The molecule has 0 fully saturated rings. The van der Waals surface area contributed by atoms with E-state index in [1.165, 1.54) is 28.7 Å². The maximum Gasteiger partial charge on any atom is 0.0439 e. The van der Waals surface area contributed by atoms with Crippen molar-refractivity contribution in [3.05, 3.63) is 77.4 Å². The average Bonchev–Trinajstić information content (AvgIpc) is 2.76. The summed E-state index contributed by atoms with van der Waals surface area (Å²) < 4.78 is 0. The van der Waals surface area contributed by atoms with Crippen molar-refractivity contribution in [2.24, 2.45) is 5.41 Å². The number of allylic oxidation sites excluding steroid dienone is 4. The normalized spacial score (nSPS) is 19.3. The first-order valence-electron chi connectivity index (χ1n) is 8.63. The van der Waals surface area contributed by atoms with Crippen LogP contribution in [0, 0.1) is 5.41 Å². The molecule has 0 saturated carbocycles. The second-order valence-corrected chi connectivity index (χ2v) is 7.25. The van der Waals surface area contributed by atoms with Crippen molar-refractivity contribution in [3.63, 3.8) is 0 Å². The van der Waals surface area contributed by atoms with Gasteiger partial charge in [-0.2, -0.15) is 0 Å². The van der Waals surface area contributed by atoms with Gasteiger partial charge >= 0.3 is 0 Å². The predicted octanol–water partition coefficient (Wildman–Crippen LogP) is 5.72. The molecule has 1 heteroatoms. The van der Waals surface area contributed by atoms with Gasteiger partial charge < -0.3 is 4.90 Å². The van der Waals surface area contributed by atoms with Crippen LogP contribution in [0.25, 0.3) is 5.70 Å². The van der Waals surface area contributed by atoms with Gasteiger partial charge in [-0.25, -0.2) is 0 Å². The number of nitrogens with zero attached hydrogens (tertiary/aromatic N) is 1. The van der Waals surface area contributed by atoms with Crippen LogP contribution in [0.4, 0.5) is 0 Å². The minimum absolute atomic E-state index is 0.131. The molecule has 3 rings (SSSR count). The first kappa shape index (κ1) is 15.9. The Kier molecular flexibility index (Phi) is 4.30. The van der Waals surface area contributed by atoms with Gasteiger partial charge in [0.05, 0.1) is 0 Å². The summed E-state index contributed by atoms with van der Waals surface area (Å²) in [6.07, 6.45) is 11.6. The average molecular weight is 305 g/mol. The van der Waals surface area contributed by atoms with Crippen LogP contribution < -0.4 is 0 Å². The SMILES string of the molecule is C=C1c2ccccc2CN1CC1=C(CCC)C=CC(C)(C)C=C1. The standard InChI is InChI=1S/C22H27N/c1-5-8-18-11-13-22(3,4)14-12-19(18)15-23-16-20-9-6-7-10-21(20)17(23)2/h6-7,9-14H,2,5,8,15-16H2,1,3-4H3. The second kappa shape index (κ2) is 6.23. The molecular formula is C22H27N. The van der Waals surface area contributed by atoms with Gasteiger partial charge in [0.2, 0.25) is 0 Å². The third-order valence-electron chi connectivity index (χ3n) is 4.79. The molecule has 0 atom stereocenters. The van der Waals surface area contributed by atoms with Crippen LogP contribution in [-0.2, 0) is 6.54 Å². The Morgan fingerprint density at radius 3 is 2.48 bits per heavy atom. The molecule has 1 aromatic carbocycles. The molecule has 0 radical (unpaired) electrons. The number of rotatable bonds is 4. The van der Waals surface area contributed by atoms with Crippen LogP contribution in [0.5, 0.6) is 0 Å². The lowest BCUT2D eigenvalue weighted by molar-refractivity contribution is 0.447. The zero-order valence-electron chi connectivity index (χ0n) is 14.6. The zero-order valence-corrected chi connectivity index (χ0v) is 14.6. The molecule has 1 aromatic rings. The van der Waals surface area contributed by atoms with Crippen molar-refractivity contribution in [3.8, 4) is 0 Å².